The summed E-state index contributed by atoms with van der Waals surface area (Å²) in [6.07, 6.45) is 0.0285. The van der Waals surface area contributed by atoms with Gasteiger partial charge in [0.15, 0.2) is 0 Å². The van der Waals surface area contributed by atoms with Crippen molar-refractivity contribution in [3.8, 4) is 0 Å². The molecule has 2 aromatic carbocycles. The minimum atomic E-state index is -3.70. The fourth-order valence-corrected chi connectivity index (χ4v) is 3.31. The predicted octanol–water partition coefficient (Wildman–Crippen LogP) is 2.33. The first kappa shape index (κ1) is 18.5. The van der Waals surface area contributed by atoms with Crippen LogP contribution in [0.4, 0.5) is 8.78 Å². The predicted molar refractivity (Wildman–Crippen MR) is 87.9 cm³/mol. The summed E-state index contributed by atoms with van der Waals surface area (Å²) in [4.78, 5) is 0. The molecule has 1 atom stereocenters. The number of aryl methyl sites for hydroxylation is 1. The van der Waals surface area contributed by atoms with Crippen molar-refractivity contribution in [3.05, 3.63) is 71.3 Å². The molecule has 130 valence electrons. The van der Waals surface area contributed by atoms with Gasteiger partial charge < -0.3 is 5.11 Å². The molecule has 2 N–H and O–H groups in total. The van der Waals surface area contributed by atoms with Crippen molar-refractivity contribution >= 4 is 10.0 Å². The maximum absolute atomic E-state index is 13.5. The van der Waals surface area contributed by atoms with Gasteiger partial charge in [0.2, 0.25) is 10.0 Å². The molecule has 24 heavy (non-hydrogen) atoms. The van der Waals surface area contributed by atoms with Crippen LogP contribution in [0.1, 0.15) is 18.1 Å². The summed E-state index contributed by atoms with van der Waals surface area (Å²) in [5, 5.41) is 10.4. The molecule has 2 aromatic rings. The summed E-state index contributed by atoms with van der Waals surface area (Å²) in [5.41, 5.74) is -0.785. The molecule has 4 nitrogen and oxygen atoms in total. The van der Waals surface area contributed by atoms with Crippen molar-refractivity contribution in [3.63, 3.8) is 0 Å². The number of benzene rings is 2. The molecular weight excluding hydrogens is 336 g/mol. The molecular formula is C17H19F2NO3S. The Hall–Kier alpha value is -1.83. The van der Waals surface area contributed by atoms with E-state index in [0.717, 1.165) is 0 Å². The summed E-state index contributed by atoms with van der Waals surface area (Å²) in [5.74, 6) is -1.20. The monoisotopic (exact) mass is 355 g/mol. The van der Waals surface area contributed by atoms with Crippen molar-refractivity contribution in [1.29, 1.82) is 0 Å². The van der Waals surface area contributed by atoms with E-state index in [4.69, 9.17) is 0 Å². The van der Waals surface area contributed by atoms with Gasteiger partial charge in [0.05, 0.1) is 5.75 Å². The molecule has 0 spiro atoms. The van der Waals surface area contributed by atoms with E-state index in [1.54, 1.807) is 6.07 Å². The van der Waals surface area contributed by atoms with Gasteiger partial charge in [-0.1, -0.05) is 30.3 Å². The lowest BCUT2D eigenvalue weighted by molar-refractivity contribution is 0.0627. The minimum absolute atomic E-state index is 0.0285. The first-order valence-corrected chi connectivity index (χ1v) is 9.04. The van der Waals surface area contributed by atoms with Crippen LogP contribution in [-0.4, -0.2) is 25.8 Å². The Labute approximate surface area is 140 Å². The molecule has 0 radical (unpaired) electrons. The molecule has 0 bridgehead atoms. The number of sulfonamides is 1. The second kappa shape index (κ2) is 7.38. The quantitative estimate of drug-likeness (QED) is 0.801. The van der Waals surface area contributed by atoms with Gasteiger partial charge in [-0.05, 0) is 42.7 Å². The zero-order chi connectivity index (χ0) is 17.8. The molecule has 0 aliphatic heterocycles. The number of nitrogens with one attached hydrogen (secondary N) is 1. The summed E-state index contributed by atoms with van der Waals surface area (Å²) in [6, 6.07) is 11.1. The number of rotatable bonds is 7. The minimum Gasteiger partial charge on any atom is -0.384 e. The highest BCUT2D eigenvalue weighted by Gasteiger charge is 2.25. The molecule has 0 saturated carbocycles. The number of halogens is 2. The lowest BCUT2D eigenvalue weighted by Gasteiger charge is -2.24. The van der Waals surface area contributed by atoms with E-state index in [2.05, 4.69) is 4.72 Å². The van der Waals surface area contributed by atoms with Gasteiger partial charge in [0.25, 0.3) is 0 Å². The smallest absolute Gasteiger partial charge is 0.212 e. The standard InChI is InChI=1S/C17H19F2NO3S/c1-17(21,14-6-8-15(18)9-7-14)12-20-24(22,23)11-10-13-4-2-3-5-16(13)19/h2-9,20-21H,10-12H2,1H3. The third-order valence-electron chi connectivity index (χ3n) is 3.70. The summed E-state index contributed by atoms with van der Waals surface area (Å²) < 4.78 is 52.8. The van der Waals surface area contributed by atoms with Gasteiger partial charge in [0, 0.05) is 6.54 Å². The van der Waals surface area contributed by atoms with Crippen LogP contribution in [0.3, 0.4) is 0 Å². The first-order valence-electron chi connectivity index (χ1n) is 7.39. The van der Waals surface area contributed by atoms with Crippen molar-refractivity contribution in [1.82, 2.24) is 4.72 Å². The number of hydrogen-bond donors (Lipinski definition) is 2. The maximum Gasteiger partial charge on any atom is 0.212 e. The van der Waals surface area contributed by atoms with E-state index < -0.39 is 27.3 Å². The molecule has 1 unspecified atom stereocenters. The Morgan fingerprint density at radius 3 is 2.33 bits per heavy atom. The zero-order valence-corrected chi connectivity index (χ0v) is 14.0. The molecule has 0 aliphatic rings. The summed E-state index contributed by atoms with van der Waals surface area (Å²) >= 11 is 0. The highest BCUT2D eigenvalue weighted by molar-refractivity contribution is 7.89. The van der Waals surface area contributed by atoms with Crippen LogP contribution in [0.2, 0.25) is 0 Å². The average molecular weight is 355 g/mol. The van der Waals surface area contributed by atoms with Crippen LogP contribution >= 0.6 is 0 Å². The fourth-order valence-electron chi connectivity index (χ4n) is 2.18. The third kappa shape index (κ3) is 5.09. The number of aliphatic hydroxyl groups is 1. The maximum atomic E-state index is 13.5. The van der Waals surface area contributed by atoms with Gasteiger partial charge in [0.1, 0.15) is 17.2 Å². The molecule has 0 heterocycles. The average Bonchev–Trinajstić information content (AvgIpc) is 2.53. The summed E-state index contributed by atoms with van der Waals surface area (Å²) in [7, 11) is -3.70. The highest BCUT2D eigenvalue weighted by atomic mass is 32.2. The van der Waals surface area contributed by atoms with E-state index in [1.165, 1.54) is 49.4 Å². The Kier molecular flexibility index (Phi) is 5.69. The first-order chi connectivity index (χ1) is 11.2. The van der Waals surface area contributed by atoms with Gasteiger partial charge >= 0.3 is 0 Å². The van der Waals surface area contributed by atoms with Crippen molar-refractivity contribution in [2.45, 2.75) is 18.9 Å². The topological polar surface area (TPSA) is 66.4 Å². The second-order valence-electron chi connectivity index (χ2n) is 5.76. The van der Waals surface area contributed by atoms with Crippen LogP contribution in [-0.2, 0) is 22.0 Å². The summed E-state index contributed by atoms with van der Waals surface area (Å²) in [6.45, 7) is 1.16. The lowest BCUT2D eigenvalue weighted by Crippen LogP contribution is -2.39. The molecule has 7 heteroatoms. The van der Waals surface area contributed by atoms with Crippen LogP contribution in [0.25, 0.3) is 0 Å². The normalized spacial score (nSPS) is 14.3. The molecule has 0 fully saturated rings. The molecule has 2 rings (SSSR count). The van der Waals surface area contributed by atoms with Gasteiger partial charge in [-0.25, -0.2) is 21.9 Å². The largest absolute Gasteiger partial charge is 0.384 e. The van der Waals surface area contributed by atoms with Gasteiger partial charge in [-0.15, -0.1) is 0 Å². The van der Waals surface area contributed by atoms with Gasteiger partial charge in [-0.2, -0.15) is 0 Å². The Balaban J connectivity index is 1.96. The lowest BCUT2D eigenvalue weighted by atomic mass is 9.96. The van der Waals surface area contributed by atoms with Crippen LogP contribution in [0.15, 0.2) is 48.5 Å². The molecule has 0 saturated heterocycles. The van der Waals surface area contributed by atoms with Crippen molar-refractivity contribution in [2.24, 2.45) is 0 Å². The van der Waals surface area contributed by atoms with Crippen molar-refractivity contribution in [2.75, 3.05) is 12.3 Å². The van der Waals surface area contributed by atoms with E-state index >= 15 is 0 Å². The van der Waals surface area contributed by atoms with E-state index in [0.29, 0.717) is 11.1 Å². The Bertz CT molecular complexity index is 790. The second-order valence-corrected chi connectivity index (χ2v) is 7.69. The van der Waals surface area contributed by atoms with Crippen LogP contribution in [0, 0.1) is 11.6 Å². The molecule has 0 aromatic heterocycles. The highest BCUT2D eigenvalue weighted by Crippen LogP contribution is 2.20. The van der Waals surface area contributed by atoms with Crippen LogP contribution < -0.4 is 4.72 Å². The third-order valence-corrected chi connectivity index (χ3v) is 5.03. The zero-order valence-electron chi connectivity index (χ0n) is 13.2. The Morgan fingerprint density at radius 1 is 1.08 bits per heavy atom. The van der Waals surface area contributed by atoms with Gasteiger partial charge in [-0.3, -0.25) is 0 Å². The van der Waals surface area contributed by atoms with E-state index in [9.17, 15) is 22.3 Å². The Morgan fingerprint density at radius 2 is 1.71 bits per heavy atom. The van der Waals surface area contributed by atoms with E-state index in [1.807, 2.05) is 0 Å². The van der Waals surface area contributed by atoms with Crippen LogP contribution in [0.5, 0.6) is 0 Å². The van der Waals surface area contributed by atoms with Crippen molar-refractivity contribution < 1.29 is 22.3 Å². The molecule has 0 aliphatic carbocycles. The number of hydrogen-bond acceptors (Lipinski definition) is 3. The molecule has 0 amide bonds. The van der Waals surface area contributed by atoms with E-state index in [-0.39, 0.29) is 18.7 Å². The SMILES string of the molecule is CC(O)(CNS(=O)(=O)CCc1ccccc1F)c1ccc(F)cc1. The fraction of sp³-hybridized carbons (Fsp3) is 0.294.